The Morgan fingerprint density at radius 2 is 1.81 bits per heavy atom. The van der Waals surface area contributed by atoms with Gasteiger partial charge in [0.1, 0.15) is 17.3 Å². The van der Waals surface area contributed by atoms with E-state index in [4.69, 9.17) is 25.5 Å². The van der Waals surface area contributed by atoms with Gasteiger partial charge in [-0.15, -0.1) is 0 Å². The molecule has 0 atom stereocenters. The van der Waals surface area contributed by atoms with Crippen LogP contribution in [0.1, 0.15) is 11.3 Å². The largest absolute Gasteiger partial charge is 0.495 e. The van der Waals surface area contributed by atoms with Gasteiger partial charge in [-0.3, -0.25) is 4.79 Å². The van der Waals surface area contributed by atoms with Crippen LogP contribution in [0.3, 0.4) is 0 Å². The molecule has 10 heteroatoms. The predicted octanol–water partition coefficient (Wildman–Crippen LogP) is 4.08. The number of carbonyl (C=O) groups is 1. The molecule has 3 aromatic rings. The Hall–Kier alpha value is -3.27. The van der Waals surface area contributed by atoms with Crippen LogP contribution in [0.25, 0.3) is 6.08 Å². The molecule has 0 bridgehead atoms. The number of hydrogen-bond donors (Lipinski definition) is 2. The van der Waals surface area contributed by atoms with Crippen LogP contribution in [0.5, 0.6) is 11.5 Å². The predicted molar refractivity (Wildman–Crippen MR) is 121 cm³/mol. The van der Waals surface area contributed by atoms with Crippen LogP contribution in [0.15, 0.2) is 70.2 Å². The highest BCUT2D eigenvalue weighted by atomic mass is 35.5. The standard InChI is InChI=1S/C22H21ClN2O6S/c1-29-20-13-21(30-2)19(12-18(20)23)25-22(26)10-7-15-5-8-17(9-6-15)32(27,28)24-14-16-4-3-11-31-16/h3-13,24H,14H2,1-2H3,(H,25,26)/b10-7+. The summed E-state index contributed by atoms with van der Waals surface area (Å²) < 4.78 is 42.7. The van der Waals surface area contributed by atoms with Crippen molar-refractivity contribution in [1.29, 1.82) is 0 Å². The smallest absolute Gasteiger partial charge is 0.248 e. The maximum absolute atomic E-state index is 12.4. The van der Waals surface area contributed by atoms with Gasteiger partial charge in [-0.1, -0.05) is 23.7 Å². The molecule has 0 aliphatic carbocycles. The fourth-order valence-electron chi connectivity index (χ4n) is 2.72. The van der Waals surface area contributed by atoms with E-state index in [9.17, 15) is 13.2 Å². The fourth-order valence-corrected chi connectivity index (χ4v) is 3.96. The first kappa shape index (κ1) is 23.4. The quantitative estimate of drug-likeness (QED) is 0.451. The van der Waals surface area contributed by atoms with Gasteiger partial charge in [0.15, 0.2) is 0 Å². The Morgan fingerprint density at radius 1 is 1.09 bits per heavy atom. The van der Waals surface area contributed by atoms with Gasteiger partial charge >= 0.3 is 0 Å². The van der Waals surface area contributed by atoms with Gasteiger partial charge in [0, 0.05) is 12.1 Å². The molecule has 8 nitrogen and oxygen atoms in total. The van der Waals surface area contributed by atoms with E-state index in [0.717, 1.165) is 0 Å². The van der Waals surface area contributed by atoms with Crippen LogP contribution in [-0.4, -0.2) is 28.5 Å². The van der Waals surface area contributed by atoms with Crippen molar-refractivity contribution in [3.05, 3.63) is 77.2 Å². The Labute approximate surface area is 190 Å². The number of ether oxygens (including phenoxy) is 2. The van der Waals surface area contributed by atoms with E-state index in [1.807, 2.05) is 0 Å². The van der Waals surface area contributed by atoms with Crippen molar-refractivity contribution in [3.8, 4) is 11.5 Å². The highest BCUT2D eigenvalue weighted by Crippen LogP contribution is 2.35. The van der Waals surface area contributed by atoms with Gasteiger partial charge in [-0.25, -0.2) is 13.1 Å². The summed E-state index contributed by atoms with van der Waals surface area (Å²) >= 11 is 6.11. The minimum atomic E-state index is -3.69. The molecular weight excluding hydrogens is 456 g/mol. The third-order valence-electron chi connectivity index (χ3n) is 4.37. The lowest BCUT2D eigenvalue weighted by molar-refractivity contribution is -0.111. The summed E-state index contributed by atoms with van der Waals surface area (Å²) in [5.41, 5.74) is 1.03. The Balaban J connectivity index is 1.64. The molecule has 2 aromatic carbocycles. The van der Waals surface area contributed by atoms with Gasteiger partial charge in [0.2, 0.25) is 15.9 Å². The number of furan rings is 1. The second-order valence-corrected chi connectivity index (χ2v) is 8.66. The number of methoxy groups -OCH3 is 2. The molecule has 32 heavy (non-hydrogen) atoms. The van der Waals surface area contributed by atoms with Crippen molar-refractivity contribution >= 4 is 39.3 Å². The SMILES string of the molecule is COc1cc(OC)c(NC(=O)/C=C/c2ccc(S(=O)(=O)NCc3ccco3)cc2)cc1Cl. The molecule has 3 rings (SSSR count). The summed E-state index contributed by atoms with van der Waals surface area (Å²) in [4.78, 5) is 12.4. The van der Waals surface area contributed by atoms with Crippen LogP contribution < -0.4 is 19.5 Å². The molecule has 0 saturated carbocycles. The second-order valence-electron chi connectivity index (χ2n) is 6.48. The number of benzene rings is 2. The number of amides is 1. The Kier molecular flexibility index (Phi) is 7.57. The topological polar surface area (TPSA) is 107 Å². The Bertz CT molecular complexity index is 1210. The zero-order chi connectivity index (χ0) is 23.1. The van der Waals surface area contributed by atoms with Gasteiger partial charge in [-0.05, 0) is 42.0 Å². The Morgan fingerprint density at radius 3 is 2.44 bits per heavy atom. The number of sulfonamides is 1. The minimum Gasteiger partial charge on any atom is -0.495 e. The molecule has 1 amide bonds. The monoisotopic (exact) mass is 476 g/mol. The highest BCUT2D eigenvalue weighted by molar-refractivity contribution is 7.89. The number of anilines is 1. The average Bonchev–Trinajstić information content (AvgIpc) is 3.31. The van der Waals surface area contributed by atoms with E-state index in [1.54, 1.807) is 36.4 Å². The summed E-state index contributed by atoms with van der Waals surface area (Å²) in [7, 11) is -0.748. The second kappa shape index (κ2) is 10.4. The minimum absolute atomic E-state index is 0.0516. The van der Waals surface area contributed by atoms with Gasteiger partial charge < -0.3 is 19.2 Å². The molecule has 0 spiro atoms. The molecule has 0 saturated heterocycles. The molecule has 2 N–H and O–H groups in total. The molecule has 0 fully saturated rings. The van der Waals surface area contributed by atoms with Crippen LogP contribution in [0.4, 0.5) is 5.69 Å². The third kappa shape index (κ3) is 5.91. The number of rotatable bonds is 9. The molecule has 0 aliphatic rings. The van der Waals surface area contributed by atoms with E-state index in [2.05, 4.69) is 10.0 Å². The summed E-state index contributed by atoms with van der Waals surface area (Å²) in [6.45, 7) is 0.0516. The van der Waals surface area contributed by atoms with E-state index in [1.165, 1.54) is 44.8 Å². The van der Waals surface area contributed by atoms with E-state index in [-0.39, 0.29) is 11.4 Å². The van der Waals surface area contributed by atoms with Crippen LogP contribution >= 0.6 is 11.6 Å². The number of carbonyl (C=O) groups excluding carboxylic acids is 1. The molecule has 0 aliphatic heterocycles. The molecule has 0 unspecified atom stereocenters. The van der Waals surface area contributed by atoms with E-state index < -0.39 is 15.9 Å². The zero-order valence-electron chi connectivity index (χ0n) is 17.3. The van der Waals surface area contributed by atoms with Crippen LogP contribution in [-0.2, 0) is 21.4 Å². The average molecular weight is 477 g/mol. The normalized spacial score (nSPS) is 11.5. The van der Waals surface area contributed by atoms with Crippen molar-refractivity contribution in [3.63, 3.8) is 0 Å². The van der Waals surface area contributed by atoms with Gasteiger partial charge in [0.25, 0.3) is 0 Å². The lowest BCUT2D eigenvalue weighted by Crippen LogP contribution is -2.22. The van der Waals surface area contributed by atoms with Crippen molar-refractivity contribution < 1.29 is 27.1 Å². The molecular formula is C22H21ClN2O6S. The van der Waals surface area contributed by atoms with E-state index >= 15 is 0 Å². The summed E-state index contributed by atoms with van der Waals surface area (Å²) in [6.07, 6.45) is 4.34. The first-order chi connectivity index (χ1) is 15.3. The van der Waals surface area contributed by atoms with Crippen molar-refractivity contribution in [2.45, 2.75) is 11.4 Å². The molecule has 1 aromatic heterocycles. The van der Waals surface area contributed by atoms with E-state index in [0.29, 0.717) is 33.5 Å². The van der Waals surface area contributed by atoms with Gasteiger partial charge in [-0.2, -0.15) is 0 Å². The zero-order valence-corrected chi connectivity index (χ0v) is 18.9. The van der Waals surface area contributed by atoms with Gasteiger partial charge in [0.05, 0.1) is 42.6 Å². The summed E-state index contributed by atoms with van der Waals surface area (Å²) in [6, 6.07) is 12.5. The summed E-state index contributed by atoms with van der Waals surface area (Å²) in [5, 5.41) is 3.01. The third-order valence-corrected chi connectivity index (χ3v) is 6.08. The van der Waals surface area contributed by atoms with Crippen molar-refractivity contribution in [1.82, 2.24) is 4.72 Å². The molecule has 168 valence electrons. The maximum Gasteiger partial charge on any atom is 0.248 e. The lowest BCUT2D eigenvalue weighted by Gasteiger charge is -2.12. The lowest BCUT2D eigenvalue weighted by atomic mass is 10.2. The molecule has 0 radical (unpaired) electrons. The van der Waals surface area contributed by atoms with Crippen molar-refractivity contribution in [2.75, 3.05) is 19.5 Å². The maximum atomic E-state index is 12.4. The number of hydrogen-bond acceptors (Lipinski definition) is 6. The van der Waals surface area contributed by atoms with Crippen molar-refractivity contribution in [2.24, 2.45) is 0 Å². The number of halogens is 1. The fraction of sp³-hybridized carbons (Fsp3) is 0.136. The first-order valence-corrected chi connectivity index (χ1v) is 11.2. The van der Waals surface area contributed by atoms with Crippen LogP contribution in [0.2, 0.25) is 5.02 Å². The molecule has 1 heterocycles. The van der Waals surface area contributed by atoms with Crippen LogP contribution in [0, 0.1) is 0 Å². The highest BCUT2D eigenvalue weighted by Gasteiger charge is 2.14. The first-order valence-electron chi connectivity index (χ1n) is 9.35. The number of nitrogens with one attached hydrogen (secondary N) is 2. The summed E-state index contributed by atoms with van der Waals surface area (Å²) in [5.74, 6) is 0.908.